The highest BCUT2D eigenvalue weighted by molar-refractivity contribution is 6.30. The molecule has 0 aliphatic carbocycles. The molecule has 1 saturated heterocycles. The van der Waals surface area contributed by atoms with Crippen molar-refractivity contribution in [3.05, 3.63) is 64.7 Å². The normalized spacial score (nSPS) is 16.3. The molecule has 0 bridgehead atoms. The van der Waals surface area contributed by atoms with E-state index in [0.29, 0.717) is 10.8 Å². The maximum atomic E-state index is 12.7. The Morgan fingerprint density at radius 1 is 1.19 bits per heavy atom. The van der Waals surface area contributed by atoms with Crippen LogP contribution in [0.2, 0.25) is 5.02 Å². The minimum atomic E-state index is -0.495. The lowest BCUT2D eigenvalue weighted by molar-refractivity contribution is -0.917. The Balaban J connectivity index is 1.51. The van der Waals surface area contributed by atoms with Crippen molar-refractivity contribution in [1.82, 2.24) is 4.90 Å². The SMILES string of the molecule is Cc1cc(Cl)ccc1O[C@H](C)C(=O)N1CC[NH+](Cc2ccccc2)CC1. The number of rotatable bonds is 5. The number of carbonyl (C=O) groups excluding carboxylic acids is 1. The lowest BCUT2D eigenvalue weighted by Gasteiger charge is -2.33. The smallest absolute Gasteiger partial charge is 0.263 e. The van der Waals surface area contributed by atoms with Gasteiger partial charge in [0.25, 0.3) is 5.91 Å². The van der Waals surface area contributed by atoms with Crippen molar-refractivity contribution in [3.63, 3.8) is 0 Å². The van der Waals surface area contributed by atoms with Gasteiger partial charge in [-0.3, -0.25) is 4.79 Å². The number of benzene rings is 2. The first-order chi connectivity index (χ1) is 12.5. The summed E-state index contributed by atoms with van der Waals surface area (Å²) in [4.78, 5) is 16.1. The van der Waals surface area contributed by atoms with Crippen molar-refractivity contribution in [3.8, 4) is 5.75 Å². The minimum absolute atomic E-state index is 0.0538. The van der Waals surface area contributed by atoms with Gasteiger partial charge in [-0.15, -0.1) is 0 Å². The van der Waals surface area contributed by atoms with Gasteiger partial charge in [0.05, 0.1) is 26.2 Å². The molecule has 2 aromatic carbocycles. The van der Waals surface area contributed by atoms with E-state index in [0.717, 1.165) is 38.3 Å². The van der Waals surface area contributed by atoms with Gasteiger partial charge < -0.3 is 14.5 Å². The number of quaternary nitrogens is 1. The van der Waals surface area contributed by atoms with E-state index < -0.39 is 6.10 Å². The zero-order valence-electron chi connectivity index (χ0n) is 15.4. The molecule has 1 atom stereocenters. The molecule has 26 heavy (non-hydrogen) atoms. The van der Waals surface area contributed by atoms with E-state index in [-0.39, 0.29) is 5.91 Å². The first-order valence-corrected chi connectivity index (χ1v) is 9.50. The fraction of sp³-hybridized carbons (Fsp3) is 0.381. The van der Waals surface area contributed by atoms with Crippen LogP contribution in [-0.4, -0.2) is 43.1 Å². The van der Waals surface area contributed by atoms with Crippen LogP contribution in [0.5, 0.6) is 5.75 Å². The van der Waals surface area contributed by atoms with Gasteiger partial charge in [0.15, 0.2) is 6.10 Å². The van der Waals surface area contributed by atoms with Gasteiger partial charge >= 0.3 is 0 Å². The fourth-order valence-corrected chi connectivity index (χ4v) is 3.57. The number of piperazine rings is 1. The molecule has 0 saturated carbocycles. The third kappa shape index (κ3) is 4.77. The number of hydrogen-bond acceptors (Lipinski definition) is 2. The third-order valence-electron chi connectivity index (χ3n) is 4.87. The highest BCUT2D eigenvalue weighted by atomic mass is 35.5. The van der Waals surface area contributed by atoms with E-state index in [1.165, 1.54) is 10.5 Å². The summed E-state index contributed by atoms with van der Waals surface area (Å²) in [5.74, 6) is 0.765. The molecule has 2 aromatic rings. The molecule has 0 spiro atoms. The number of aryl methyl sites for hydroxylation is 1. The first kappa shape index (κ1) is 18.7. The van der Waals surface area contributed by atoms with E-state index in [1.54, 1.807) is 6.07 Å². The Bertz CT molecular complexity index is 743. The van der Waals surface area contributed by atoms with Gasteiger partial charge in [-0.05, 0) is 37.6 Å². The zero-order valence-corrected chi connectivity index (χ0v) is 16.1. The van der Waals surface area contributed by atoms with Gasteiger partial charge in [0.2, 0.25) is 0 Å². The molecule has 1 heterocycles. The van der Waals surface area contributed by atoms with Crippen LogP contribution in [0.1, 0.15) is 18.1 Å². The first-order valence-electron chi connectivity index (χ1n) is 9.12. The molecule has 1 amide bonds. The van der Waals surface area contributed by atoms with Crippen LogP contribution in [0.25, 0.3) is 0 Å². The number of carbonyl (C=O) groups is 1. The number of halogens is 1. The number of nitrogens with one attached hydrogen (secondary N) is 1. The van der Waals surface area contributed by atoms with Crippen LogP contribution in [0.3, 0.4) is 0 Å². The maximum Gasteiger partial charge on any atom is 0.263 e. The van der Waals surface area contributed by atoms with Crippen LogP contribution in [0.15, 0.2) is 48.5 Å². The summed E-state index contributed by atoms with van der Waals surface area (Å²) < 4.78 is 5.88. The molecule has 4 nitrogen and oxygen atoms in total. The molecule has 1 aliphatic rings. The van der Waals surface area contributed by atoms with Crippen LogP contribution in [0.4, 0.5) is 0 Å². The topological polar surface area (TPSA) is 34.0 Å². The van der Waals surface area contributed by atoms with Gasteiger partial charge in [0, 0.05) is 10.6 Å². The Labute approximate surface area is 160 Å². The average Bonchev–Trinajstić information content (AvgIpc) is 2.65. The Morgan fingerprint density at radius 3 is 2.54 bits per heavy atom. The standard InChI is InChI=1S/C21H25ClN2O2/c1-16-14-19(22)8-9-20(16)26-17(2)21(25)24-12-10-23(11-13-24)15-18-6-4-3-5-7-18/h3-9,14,17H,10-13,15H2,1-2H3/p+1/t17-/m1/s1. The van der Waals surface area contributed by atoms with Crippen LogP contribution >= 0.6 is 11.6 Å². The average molecular weight is 374 g/mol. The molecule has 1 fully saturated rings. The van der Waals surface area contributed by atoms with Crippen molar-refractivity contribution < 1.29 is 14.4 Å². The van der Waals surface area contributed by atoms with Crippen molar-refractivity contribution in [2.45, 2.75) is 26.5 Å². The van der Waals surface area contributed by atoms with Crippen LogP contribution < -0.4 is 9.64 Å². The number of hydrogen-bond donors (Lipinski definition) is 1. The molecule has 138 valence electrons. The summed E-state index contributed by atoms with van der Waals surface area (Å²) in [7, 11) is 0. The molecular weight excluding hydrogens is 348 g/mol. The summed E-state index contributed by atoms with van der Waals surface area (Å²) >= 11 is 5.98. The second-order valence-corrected chi connectivity index (χ2v) is 7.34. The third-order valence-corrected chi connectivity index (χ3v) is 5.10. The minimum Gasteiger partial charge on any atom is -0.481 e. The summed E-state index contributed by atoms with van der Waals surface area (Å²) in [6, 6.07) is 16.0. The maximum absolute atomic E-state index is 12.7. The largest absolute Gasteiger partial charge is 0.481 e. The molecule has 1 aliphatic heterocycles. The second kappa shape index (κ2) is 8.56. The number of ether oxygens (including phenoxy) is 1. The highest BCUT2D eigenvalue weighted by Crippen LogP contribution is 2.23. The van der Waals surface area contributed by atoms with E-state index >= 15 is 0 Å². The molecule has 3 rings (SSSR count). The summed E-state index contributed by atoms with van der Waals surface area (Å²) in [5, 5.41) is 0.673. The van der Waals surface area contributed by atoms with E-state index in [4.69, 9.17) is 16.3 Å². The van der Waals surface area contributed by atoms with Gasteiger partial charge in [-0.1, -0.05) is 41.9 Å². The van der Waals surface area contributed by atoms with Crippen molar-refractivity contribution in [1.29, 1.82) is 0 Å². The fourth-order valence-electron chi connectivity index (χ4n) is 3.35. The Hall–Kier alpha value is -2.04. The predicted octanol–water partition coefficient (Wildman–Crippen LogP) is 2.34. The summed E-state index contributed by atoms with van der Waals surface area (Å²) in [5.41, 5.74) is 2.28. The monoisotopic (exact) mass is 373 g/mol. The van der Waals surface area contributed by atoms with Crippen molar-refractivity contribution in [2.24, 2.45) is 0 Å². The summed E-state index contributed by atoms with van der Waals surface area (Å²) in [6.45, 7) is 8.24. The van der Waals surface area contributed by atoms with Crippen LogP contribution in [0, 0.1) is 6.92 Å². The predicted molar refractivity (Wildman–Crippen MR) is 104 cm³/mol. The van der Waals surface area contributed by atoms with Crippen molar-refractivity contribution in [2.75, 3.05) is 26.2 Å². The van der Waals surface area contributed by atoms with E-state index in [1.807, 2.05) is 36.9 Å². The summed E-state index contributed by atoms with van der Waals surface area (Å²) in [6.07, 6.45) is -0.495. The van der Waals surface area contributed by atoms with Crippen molar-refractivity contribution >= 4 is 17.5 Å². The van der Waals surface area contributed by atoms with Gasteiger partial charge in [0.1, 0.15) is 12.3 Å². The number of nitrogens with zero attached hydrogens (tertiary/aromatic N) is 1. The number of amides is 1. The molecule has 0 aromatic heterocycles. The lowest BCUT2D eigenvalue weighted by atomic mass is 10.2. The Kier molecular flexibility index (Phi) is 6.17. The molecular formula is C21H26ClN2O2+. The Morgan fingerprint density at radius 2 is 1.88 bits per heavy atom. The molecule has 5 heteroatoms. The van der Waals surface area contributed by atoms with Gasteiger partial charge in [-0.2, -0.15) is 0 Å². The van der Waals surface area contributed by atoms with Crippen LogP contribution in [-0.2, 0) is 11.3 Å². The quantitative estimate of drug-likeness (QED) is 0.872. The van der Waals surface area contributed by atoms with Gasteiger partial charge in [-0.25, -0.2) is 0 Å². The molecule has 1 N–H and O–H groups in total. The van der Waals surface area contributed by atoms with E-state index in [9.17, 15) is 4.79 Å². The van der Waals surface area contributed by atoms with E-state index in [2.05, 4.69) is 24.3 Å². The second-order valence-electron chi connectivity index (χ2n) is 6.91. The highest BCUT2D eigenvalue weighted by Gasteiger charge is 2.28. The molecule has 0 radical (unpaired) electrons. The molecule has 0 unspecified atom stereocenters. The lowest BCUT2D eigenvalue weighted by Crippen LogP contribution is -3.13. The zero-order chi connectivity index (χ0) is 18.5.